The Balaban J connectivity index is 0.000000911. The molecule has 366 valence electrons. The van der Waals surface area contributed by atoms with Crippen LogP contribution >= 0.6 is 0 Å². The molecule has 0 fully saturated rings. The number of benzene rings is 3. The summed E-state index contributed by atoms with van der Waals surface area (Å²) in [6, 6.07) is 27.8. The van der Waals surface area contributed by atoms with Gasteiger partial charge >= 0.3 is 36.2 Å². The average Bonchev–Trinajstić information content (AvgIpc) is 3.25. The second kappa shape index (κ2) is 31.5. The lowest BCUT2D eigenvalue weighted by Gasteiger charge is -2.35. The Morgan fingerprint density at radius 2 is 1.06 bits per heavy atom. The Morgan fingerprint density at radius 1 is 0.636 bits per heavy atom. The molecule has 0 bridgehead atoms. The van der Waals surface area contributed by atoms with Crippen molar-refractivity contribution in [2.45, 2.75) is 104 Å². The number of alkyl carbamates (subject to hydrolysis) is 3. The van der Waals surface area contributed by atoms with Gasteiger partial charge in [-0.05, 0) is 55.6 Å². The Bertz CT molecular complexity index is 1890. The molecule has 0 spiro atoms. The molecule has 0 saturated carbocycles. The Hall–Kier alpha value is -6.35. The highest BCUT2D eigenvalue weighted by Crippen LogP contribution is 2.36. The summed E-state index contributed by atoms with van der Waals surface area (Å²) in [7, 11) is -1.66. The molecule has 7 N–H and O–H groups in total. The second-order valence-electron chi connectivity index (χ2n) is 16.8. The summed E-state index contributed by atoms with van der Waals surface area (Å²) in [5, 5.41) is 41.7. The first-order valence-electron chi connectivity index (χ1n) is 20.7. The topological polar surface area (TPSA) is 283 Å². The predicted octanol–water partition coefficient (Wildman–Crippen LogP) is 6.38. The van der Waals surface area contributed by atoms with Gasteiger partial charge < -0.3 is 64.5 Å². The van der Waals surface area contributed by atoms with Crippen molar-refractivity contribution in [1.29, 1.82) is 0 Å². The number of hydrogen-bond acceptors (Lipinski definition) is 13. The van der Waals surface area contributed by atoms with Crippen molar-refractivity contribution in [1.82, 2.24) is 16.0 Å². The average molecular weight is 946 g/mol. The number of carbonyl (C=O) groups is 7. The number of amides is 3. The van der Waals surface area contributed by atoms with Crippen LogP contribution in [-0.2, 0) is 62.4 Å². The maximum atomic E-state index is 11.8. The summed E-state index contributed by atoms with van der Waals surface area (Å²) >= 11 is 0. The lowest BCUT2D eigenvalue weighted by Crippen LogP contribution is -2.41. The van der Waals surface area contributed by atoms with Gasteiger partial charge in [0.25, 0.3) is 0 Å². The summed E-state index contributed by atoms with van der Waals surface area (Å²) in [4.78, 5) is 75.4. The molecule has 0 aliphatic rings. The fraction of sp³-hybridized carbons (Fsp3) is 0.457. The Morgan fingerprint density at radius 3 is 1.44 bits per heavy atom. The van der Waals surface area contributed by atoms with E-state index in [0.29, 0.717) is 0 Å². The van der Waals surface area contributed by atoms with Crippen molar-refractivity contribution in [2.24, 2.45) is 5.92 Å². The minimum Gasteiger partial charge on any atom is -0.480 e. The Kier molecular flexibility index (Phi) is 28.5. The SMILES string of the molecule is CC(C)(C)OC(=O)NCC(O)C(=O)O.CC(C)(C)[Si](C)(C)OCC=O.C[C@H](CNC(=O)OCc1ccccc1)[C@H](OCc1ccccc1)C(=O)O.O=C(O)CNC(=O)OCc1ccccc1. The number of aliphatic carboxylic acids is 3. The maximum Gasteiger partial charge on any atom is 0.407 e. The van der Waals surface area contributed by atoms with Gasteiger partial charge in [-0.3, -0.25) is 4.79 Å². The molecular weight excluding hydrogens is 879 g/mol. The van der Waals surface area contributed by atoms with Crippen LogP contribution in [0.25, 0.3) is 0 Å². The highest BCUT2D eigenvalue weighted by molar-refractivity contribution is 6.74. The van der Waals surface area contributed by atoms with Crippen molar-refractivity contribution in [3.8, 4) is 0 Å². The molecule has 0 heterocycles. The zero-order valence-corrected chi connectivity index (χ0v) is 40.1. The van der Waals surface area contributed by atoms with E-state index in [2.05, 4.69) is 49.8 Å². The molecule has 3 aromatic carbocycles. The van der Waals surface area contributed by atoms with Crippen LogP contribution in [0.1, 0.15) is 65.2 Å². The van der Waals surface area contributed by atoms with Crippen molar-refractivity contribution < 1.29 is 77.4 Å². The third kappa shape index (κ3) is 29.9. The lowest BCUT2D eigenvalue weighted by atomic mass is 10.1. The molecule has 0 saturated heterocycles. The molecule has 3 rings (SSSR count). The number of carboxylic acid groups (broad SMARTS) is 3. The third-order valence-electron chi connectivity index (χ3n) is 8.85. The van der Waals surface area contributed by atoms with Crippen LogP contribution in [0.15, 0.2) is 91.0 Å². The Labute approximate surface area is 387 Å². The zero-order chi connectivity index (χ0) is 50.3. The first kappa shape index (κ1) is 59.6. The molecule has 0 aliphatic heterocycles. The van der Waals surface area contributed by atoms with Gasteiger partial charge in [-0.2, -0.15) is 0 Å². The van der Waals surface area contributed by atoms with E-state index in [1.807, 2.05) is 91.0 Å². The molecule has 3 atom stereocenters. The van der Waals surface area contributed by atoms with Crippen molar-refractivity contribution >= 4 is 50.8 Å². The highest BCUT2D eigenvalue weighted by atomic mass is 28.4. The van der Waals surface area contributed by atoms with Gasteiger partial charge in [-0.1, -0.05) is 119 Å². The summed E-state index contributed by atoms with van der Waals surface area (Å²) in [5.74, 6) is -3.97. The van der Waals surface area contributed by atoms with Crippen LogP contribution in [0.5, 0.6) is 0 Å². The fourth-order valence-corrected chi connectivity index (χ4v) is 5.24. The molecule has 20 heteroatoms. The van der Waals surface area contributed by atoms with Crippen LogP contribution in [-0.4, -0.2) is 115 Å². The predicted molar refractivity (Wildman–Crippen MR) is 246 cm³/mol. The standard InChI is InChI=1S/C20H23NO5.C10H11NO4.C8H15NO5.C8H18O2Si/c1-15(12-21-20(24)26-14-17-10-6-3-7-11-17)18(19(22)23)25-13-16-8-4-2-5-9-16;12-9(13)6-11-10(14)15-7-8-4-2-1-3-5-8;1-8(2,3)14-7(13)9-4-5(10)6(11)12;1-8(2,3)11(4,5)10-7-6-9/h2-11,15,18H,12-14H2,1H3,(H,21,24)(H,22,23);1-5H,6-7H2,(H,11,14)(H,12,13);5,10H,4H2,1-3H3,(H,9,13)(H,11,12);6H,7H2,1-5H3/t15-,18+;;;/m1.../s1. The minimum absolute atomic E-state index is 0.131. The molecule has 0 aromatic heterocycles. The van der Waals surface area contributed by atoms with Crippen LogP contribution in [0.2, 0.25) is 18.1 Å². The quantitative estimate of drug-likeness (QED) is 0.0390. The van der Waals surface area contributed by atoms with Gasteiger partial charge in [0.1, 0.15) is 31.6 Å². The van der Waals surface area contributed by atoms with E-state index in [1.54, 1.807) is 27.7 Å². The van der Waals surface area contributed by atoms with E-state index < -0.39 is 74.8 Å². The molecule has 19 nitrogen and oxygen atoms in total. The van der Waals surface area contributed by atoms with Crippen molar-refractivity contribution in [2.75, 3.05) is 26.2 Å². The number of nitrogens with one attached hydrogen (secondary N) is 3. The van der Waals surface area contributed by atoms with Gasteiger partial charge in [0, 0.05) is 12.5 Å². The van der Waals surface area contributed by atoms with E-state index in [-0.39, 0.29) is 44.6 Å². The first-order chi connectivity index (χ1) is 30.8. The number of aliphatic hydroxyl groups excluding tert-OH is 1. The molecule has 3 aromatic rings. The molecule has 3 amide bonds. The van der Waals surface area contributed by atoms with Gasteiger partial charge in [-0.25, -0.2) is 24.0 Å². The lowest BCUT2D eigenvalue weighted by molar-refractivity contribution is -0.155. The van der Waals surface area contributed by atoms with Crippen LogP contribution in [0, 0.1) is 5.92 Å². The van der Waals surface area contributed by atoms with Gasteiger partial charge in [0.05, 0.1) is 19.8 Å². The van der Waals surface area contributed by atoms with Crippen molar-refractivity contribution in [3.63, 3.8) is 0 Å². The molecule has 66 heavy (non-hydrogen) atoms. The minimum atomic E-state index is -1.66. The number of carboxylic acids is 3. The van der Waals surface area contributed by atoms with E-state index >= 15 is 0 Å². The number of hydrogen-bond donors (Lipinski definition) is 7. The molecular formula is C46H67N3O16Si. The molecule has 1 unspecified atom stereocenters. The van der Waals surface area contributed by atoms with E-state index in [9.17, 15) is 38.7 Å². The molecule has 0 radical (unpaired) electrons. The van der Waals surface area contributed by atoms with Crippen LogP contribution < -0.4 is 16.0 Å². The van der Waals surface area contributed by atoms with E-state index in [1.165, 1.54) is 0 Å². The fourth-order valence-electron chi connectivity index (χ4n) is 4.33. The van der Waals surface area contributed by atoms with Gasteiger partial charge in [0.2, 0.25) is 0 Å². The number of ether oxygens (including phenoxy) is 4. The van der Waals surface area contributed by atoms with E-state index in [0.717, 1.165) is 23.0 Å². The summed E-state index contributed by atoms with van der Waals surface area (Å²) < 4.78 is 25.7. The van der Waals surface area contributed by atoms with Crippen LogP contribution in [0.3, 0.4) is 0 Å². The smallest absolute Gasteiger partial charge is 0.407 e. The third-order valence-corrected chi connectivity index (χ3v) is 13.4. The number of rotatable bonds is 19. The number of aliphatic hydroxyl groups is 1. The largest absolute Gasteiger partial charge is 0.480 e. The van der Waals surface area contributed by atoms with E-state index in [4.69, 9.17) is 38.7 Å². The summed E-state index contributed by atoms with van der Waals surface area (Å²) in [6.07, 6.45) is -3.89. The summed E-state index contributed by atoms with van der Waals surface area (Å²) in [6.45, 7) is 17.6. The maximum absolute atomic E-state index is 11.8. The number of carbonyl (C=O) groups excluding carboxylic acids is 4. The van der Waals surface area contributed by atoms with Gasteiger partial charge in [-0.15, -0.1) is 0 Å². The monoisotopic (exact) mass is 945 g/mol. The van der Waals surface area contributed by atoms with Crippen molar-refractivity contribution in [3.05, 3.63) is 108 Å². The van der Waals surface area contributed by atoms with Crippen LogP contribution in [0.4, 0.5) is 14.4 Å². The van der Waals surface area contributed by atoms with Gasteiger partial charge in [0.15, 0.2) is 20.5 Å². The highest BCUT2D eigenvalue weighted by Gasteiger charge is 2.36. The molecule has 0 aliphatic carbocycles. The summed E-state index contributed by atoms with van der Waals surface area (Å²) in [5.41, 5.74) is 1.98. The normalized spacial score (nSPS) is 12.2. The number of aldehydes is 1. The second-order valence-corrected chi connectivity index (χ2v) is 21.6. The zero-order valence-electron chi connectivity index (χ0n) is 39.1. The first-order valence-corrected chi connectivity index (χ1v) is 23.6.